The van der Waals surface area contributed by atoms with E-state index in [-0.39, 0.29) is 5.82 Å². The summed E-state index contributed by atoms with van der Waals surface area (Å²) in [5, 5.41) is 5.64. The zero-order chi connectivity index (χ0) is 15.4. The minimum absolute atomic E-state index is 0.126. The Hall–Kier alpha value is -0.190. The first-order valence-corrected chi connectivity index (χ1v) is 9.76. The quantitative estimate of drug-likeness (QED) is 0.867. The molecule has 1 fully saturated rings. The molecular formula is C17H26FNS2. The first-order chi connectivity index (χ1) is 10.0. The molecule has 0 saturated carbocycles. The van der Waals surface area contributed by atoms with Gasteiger partial charge in [-0.25, -0.2) is 4.39 Å². The average Bonchev–Trinajstić information content (AvgIpc) is 2.45. The largest absolute Gasteiger partial charge is 0.313 e. The number of aryl methyl sites for hydroxylation is 1. The number of benzene rings is 1. The van der Waals surface area contributed by atoms with Crippen LogP contribution in [0, 0.1) is 12.7 Å². The van der Waals surface area contributed by atoms with Gasteiger partial charge in [-0.2, -0.15) is 23.5 Å². The Morgan fingerprint density at radius 3 is 2.76 bits per heavy atom. The molecule has 0 aromatic heterocycles. The zero-order valence-corrected chi connectivity index (χ0v) is 15.0. The highest BCUT2D eigenvalue weighted by Crippen LogP contribution is 2.37. The number of likely N-dealkylation sites (N-methyl/N-ethyl adjacent to an activating group) is 1. The topological polar surface area (TPSA) is 12.0 Å². The molecule has 1 aliphatic heterocycles. The summed E-state index contributed by atoms with van der Waals surface area (Å²) in [7, 11) is 0. The van der Waals surface area contributed by atoms with Gasteiger partial charge in [0.15, 0.2) is 0 Å². The van der Waals surface area contributed by atoms with Gasteiger partial charge < -0.3 is 5.32 Å². The number of hydrogen-bond donors (Lipinski definition) is 1. The third kappa shape index (κ3) is 4.64. The lowest BCUT2D eigenvalue weighted by Crippen LogP contribution is -2.44. The Morgan fingerprint density at radius 1 is 1.33 bits per heavy atom. The number of halogens is 1. The molecule has 4 atom stereocenters. The fraction of sp³-hybridized carbons (Fsp3) is 0.647. The standard InChI is InChI=1S/C17H26FNS2/c1-5-19-16(17-10-20-12(3)13(4)21-17)9-14-8-15(18)7-6-11(14)2/h6-8,12-13,16-17,19H,5,9-10H2,1-4H3. The molecule has 4 unspecified atom stereocenters. The van der Waals surface area contributed by atoms with Gasteiger partial charge in [0.05, 0.1) is 0 Å². The minimum atomic E-state index is -0.126. The highest BCUT2D eigenvalue weighted by molar-refractivity contribution is 8.07. The molecule has 1 aromatic rings. The molecule has 1 N–H and O–H groups in total. The summed E-state index contributed by atoms with van der Waals surface area (Å²) in [6.07, 6.45) is 0.913. The van der Waals surface area contributed by atoms with Crippen LogP contribution in [-0.4, -0.2) is 34.1 Å². The Balaban J connectivity index is 2.10. The van der Waals surface area contributed by atoms with Crippen molar-refractivity contribution in [3.8, 4) is 0 Å². The maximum absolute atomic E-state index is 13.5. The first kappa shape index (κ1) is 17.2. The van der Waals surface area contributed by atoms with Gasteiger partial charge in [0.25, 0.3) is 0 Å². The number of thioether (sulfide) groups is 2. The molecule has 1 aliphatic rings. The summed E-state index contributed by atoms with van der Waals surface area (Å²) in [6, 6.07) is 5.56. The number of rotatable bonds is 5. The van der Waals surface area contributed by atoms with Crippen molar-refractivity contribution in [3.63, 3.8) is 0 Å². The summed E-state index contributed by atoms with van der Waals surface area (Å²) < 4.78 is 13.5. The summed E-state index contributed by atoms with van der Waals surface area (Å²) >= 11 is 4.17. The van der Waals surface area contributed by atoms with E-state index in [9.17, 15) is 4.39 Å². The lowest BCUT2D eigenvalue weighted by molar-refractivity contribution is 0.517. The Labute approximate surface area is 136 Å². The van der Waals surface area contributed by atoms with E-state index < -0.39 is 0 Å². The van der Waals surface area contributed by atoms with Crippen LogP contribution in [0.5, 0.6) is 0 Å². The maximum atomic E-state index is 13.5. The van der Waals surface area contributed by atoms with Crippen molar-refractivity contribution < 1.29 is 4.39 Å². The lowest BCUT2D eigenvalue weighted by atomic mass is 9.99. The molecule has 2 rings (SSSR count). The van der Waals surface area contributed by atoms with Gasteiger partial charge in [-0.1, -0.05) is 26.8 Å². The van der Waals surface area contributed by atoms with Gasteiger partial charge in [-0.3, -0.25) is 0 Å². The summed E-state index contributed by atoms with van der Waals surface area (Å²) in [5.41, 5.74) is 2.33. The second-order valence-electron chi connectivity index (χ2n) is 5.86. The van der Waals surface area contributed by atoms with Gasteiger partial charge in [-0.15, -0.1) is 0 Å². The van der Waals surface area contributed by atoms with Crippen LogP contribution in [0.2, 0.25) is 0 Å². The Morgan fingerprint density at radius 2 is 2.10 bits per heavy atom. The normalized spacial score (nSPS) is 27.6. The van der Waals surface area contributed by atoms with Crippen LogP contribution < -0.4 is 5.32 Å². The molecule has 0 spiro atoms. The van der Waals surface area contributed by atoms with Crippen molar-refractivity contribution in [1.29, 1.82) is 0 Å². The number of hydrogen-bond acceptors (Lipinski definition) is 3. The SMILES string of the molecule is CCNC(Cc1cc(F)ccc1C)C1CSC(C)C(C)S1. The van der Waals surface area contributed by atoms with Crippen LogP contribution in [0.15, 0.2) is 18.2 Å². The predicted octanol–water partition coefficient (Wildman–Crippen LogP) is 4.28. The Kier molecular flexibility index (Phi) is 6.45. The maximum Gasteiger partial charge on any atom is 0.123 e. The van der Waals surface area contributed by atoms with Crippen molar-refractivity contribution >= 4 is 23.5 Å². The molecule has 118 valence electrons. The van der Waals surface area contributed by atoms with E-state index in [0.717, 1.165) is 23.8 Å². The fourth-order valence-corrected chi connectivity index (χ4v) is 5.84. The third-order valence-corrected chi connectivity index (χ3v) is 7.79. The molecule has 4 heteroatoms. The van der Waals surface area contributed by atoms with E-state index in [0.29, 0.717) is 16.5 Å². The van der Waals surface area contributed by atoms with Crippen LogP contribution in [0.4, 0.5) is 4.39 Å². The molecule has 0 aliphatic carbocycles. The van der Waals surface area contributed by atoms with Crippen molar-refractivity contribution in [2.24, 2.45) is 0 Å². The predicted molar refractivity (Wildman–Crippen MR) is 95.1 cm³/mol. The molecule has 0 bridgehead atoms. The fourth-order valence-electron chi connectivity index (χ4n) is 2.71. The van der Waals surface area contributed by atoms with E-state index in [2.05, 4.69) is 56.5 Å². The van der Waals surface area contributed by atoms with Crippen molar-refractivity contribution in [1.82, 2.24) is 5.32 Å². The van der Waals surface area contributed by atoms with E-state index >= 15 is 0 Å². The van der Waals surface area contributed by atoms with Crippen molar-refractivity contribution in [2.45, 2.75) is 55.9 Å². The molecule has 21 heavy (non-hydrogen) atoms. The smallest absolute Gasteiger partial charge is 0.123 e. The van der Waals surface area contributed by atoms with Gasteiger partial charge in [-0.05, 0) is 43.1 Å². The van der Waals surface area contributed by atoms with Crippen LogP contribution in [0.1, 0.15) is 31.9 Å². The van der Waals surface area contributed by atoms with Crippen LogP contribution in [0.25, 0.3) is 0 Å². The van der Waals surface area contributed by atoms with Crippen LogP contribution in [0.3, 0.4) is 0 Å². The zero-order valence-electron chi connectivity index (χ0n) is 13.4. The van der Waals surface area contributed by atoms with E-state index in [4.69, 9.17) is 0 Å². The lowest BCUT2D eigenvalue weighted by Gasteiger charge is -2.36. The molecule has 1 aromatic carbocycles. The van der Waals surface area contributed by atoms with E-state index in [1.54, 1.807) is 12.1 Å². The summed E-state index contributed by atoms with van der Waals surface area (Å²) in [5.74, 6) is 1.06. The van der Waals surface area contributed by atoms with E-state index in [1.165, 1.54) is 11.3 Å². The molecule has 1 heterocycles. The van der Waals surface area contributed by atoms with Crippen LogP contribution >= 0.6 is 23.5 Å². The van der Waals surface area contributed by atoms with Gasteiger partial charge >= 0.3 is 0 Å². The Bertz CT molecular complexity index is 466. The second-order valence-corrected chi connectivity index (χ2v) is 8.89. The molecule has 1 nitrogen and oxygen atoms in total. The highest BCUT2D eigenvalue weighted by Gasteiger charge is 2.31. The van der Waals surface area contributed by atoms with Crippen LogP contribution in [-0.2, 0) is 6.42 Å². The molecule has 0 radical (unpaired) electrons. The molecule has 1 saturated heterocycles. The number of nitrogens with one attached hydrogen (secondary N) is 1. The summed E-state index contributed by atoms with van der Waals surface area (Å²) in [6.45, 7) is 9.83. The molecule has 0 amide bonds. The second kappa shape index (κ2) is 7.89. The van der Waals surface area contributed by atoms with Gasteiger partial charge in [0.1, 0.15) is 5.82 Å². The van der Waals surface area contributed by atoms with Gasteiger partial charge in [0.2, 0.25) is 0 Å². The van der Waals surface area contributed by atoms with Crippen molar-refractivity contribution in [3.05, 3.63) is 35.1 Å². The summed E-state index contributed by atoms with van der Waals surface area (Å²) in [4.78, 5) is 0. The molecular weight excluding hydrogens is 301 g/mol. The van der Waals surface area contributed by atoms with E-state index in [1.807, 2.05) is 6.07 Å². The first-order valence-electron chi connectivity index (χ1n) is 7.76. The van der Waals surface area contributed by atoms with Gasteiger partial charge in [0, 0.05) is 27.5 Å². The average molecular weight is 328 g/mol. The highest BCUT2D eigenvalue weighted by atomic mass is 32.2. The third-order valence-electron chi connectivity index (χ3n) is 4.24. The monoisotopic (exact) mass is 327 g/mol. The minimum Gasteiger partial charge on any atom is -0.313 e. The van der Waals surface area contributed by atoms with Crippen molar-refractivity contribution in [2.75, 3.05) is 12.3 Å².